The van der Waals surface area contributed by atoms with Gasteiger partial charge in [-0.3, -0.25) is 39.4 Å². The number of hydrogen-bond acceptors (Lipinski definition) is 12. The fraction of sp³-hybridized carbons (Fsp3) is 0.442. The highest BCUT2D eigenvalue weighted by Crippen LogP contribution is 2.38. The second kappa shape index (κ2) is 16.1. The van der Waals surface area contributed by atoms with E-state index in [9.17, 15) is 19.2 Å². The summed E-state index contributed by atoms with van der Waals surface area (Å²) in [6.45, 7) is 7.99. The van der Waals surface area contributed by atoms with Gasteiger partial charge >= 0.3 is 0 Å². The molecule has 0 radical (unpaired) electrons. The number of halogens is 1. The number of carbonyl (C=O) groups excluding carboxylic acids is 4. The Labute approximate surface area is 346 Å². The summed E-state index contributed by atoms with van der Waals surface area (Å²) in [5.74, 6) is -1.32. The third-order valence-electron chi connectivity index (χ3n) is 12.2. The molecule has 2 bridgehead atoms. The number of rotatable bonds is 4. The van der Waals surface area contributed by atoms with Crippen LogP contribution >= 0.6 is 0 Å². The van der Waals surface area contributed by atoms with Gasteiger partial charge in [0.15, 0.2) is 0 Å². The molecule has 312 valence electrons. The van der Waals surface area contributed by atoms with Gasteiger partial charge in [0.2, 0.25) is 29.6 Å². The van der Waals surface area contributed by atoms with Gasteiger partial charge in [-0.15, -0.1) is 0 Å². The maximum atomic E-state index is 15.2. The van der Waals surface area contributed by atoms with Crippen LogP contribution in [0.4, 0.5) is 27.1 Å². The summed E-state index contributed by atoms with van der Waals surface area (Å²) in [6.07, 6.45) is 7.00. The van der Waals surface area contributed by atoms with Gasteiger partial charge in [0.05, 0.1) is 65.5 Å². The molecule has 0 aliphatic carbocycles. The van der Waals surface area contributed by atoms with Gasteiger partial charge in [0.25, 0.3) is 5.91 Å². The molecule has 5 aliphatic rings. The number of piperazine rings is 1. The van der Waals surface area contributed by atoms with E-state index in [1.54, 1.807) is 29.2 Å². The topological polar surface area (TPSA) is 170 Å². The number of aryl methyl sites for hydroxylation is 2. The molecule has 9 rings (SSSR count). The largest absolute Gasteiger partial charge is 0.477 e. The van der Waals surface area contributed by atoms with E-state index in [0.29, 0.717) is 73.8 Å². The number of piperidine rings is 2. The summed E-state index contributed by atoms with van der Waals surface area (Å²) in [5, 5.41) is 10.1. The fourth-order valence-electron chi connectivity index (χ4n) is 9.05. The Morgan fingerprint density at radius 1 is 0.900 bits per heavy atom. The van der Waals surface area contributed by atoms with Gasteiger partial charge in [-0.1, -0.05) is 6.92 Å². The number of aromatic nitrogens is 4. The number of pyridine rings is 2. The first-order valence-corrected chi connectivity index (χ1v) is 20.7. The minimum Gasteiger partial charge on any atom is -0.477 e. The first kappa shape index (κ1) is 39.2. The van der Waals surface area contributed by atoms with Gasteiger partial charge < -0.3 is 24.8 Å². The smallest absolute Gasteiger partial charge is 0.280 e. The van der Waals surface area contributed by atoms with Gasteiger partial charge in [0, 0.05) is 75.2 Å². The molecule has 1 unspecified atom stereocenters. The highest BCUT2D eigenvalue weighted by Gasteiger charge is 2.35. The average molecular weight is 818 g/mol. The summed E-state index contributed by atoms with van der Waals surface area (Å²) >= 11 is 0. The Morgan fingerprint density at radius 2 is 1.73 bits per heavy atom. The molecule has 0 saturated carbocycles. The van der Waals surface area contributed by atoms with Crippen molar-refractivity contribution in [2.75, 3.05) is 65.9 Å². The van der Waals surface area contributed by atoms with Crippen molar-refractivity contribution in [1.29, 1.82) is 0 Å². The molecule has 3 aromatic heterocycles. The number of benzene rings is 1. The monoisotopic (exact) mass is 817 g/mol. The van der Waals surface area contributed by atoms with E-state index < -0.39 is 23.5 Å². The van der Waals surface area contributed by atoms with E-state index in [0.717, 1.165) is 48.3 Å². The lowest BCUT2D eigenvalue weighted by Crippen LogP contribution is -2.56. The SMILES string of the molecule is Cc1cc2cc(n1)-c1cnn(C)c1OCCC[C@@H](C)CN1/C(=N/C2=O)Nc2ccc(N3CCN(C4CCN(c5cnc(C6CCC(=O)NC6=O)c(F)c5)CC4)CC3=O)cc21. The van der Waals surface area contributed by atoms with Crippen LogP contribution in [-0.2, 0) is 21.4 Å². The number of nitrogens with zero attached hydrogens (tertiary/aromatic N) is 9. The molecule has 3 fully saturated rings. The predicted octanol–water partition coefficient (Wildman–Crippen LogP) is 4.40. The first-order chi connectivity index (χ1) is 29.0. The number of ether oxygens (including phenoxy) is 1. The molecule has 8 heterocycles. The van der Waals surface area contributed by atoms with Crippen molar-refractivity contribution >= 4 is 52.3 Å². The second-order valence-corrected chi connectivity index (χ2v) is 16.4. The normalized spacial score (nSPS) is 22.7. The van der Waals surface area contributed by atoms with Crippen LogP contribution in [0.1, 0.15) is 73.1 Å². The summed E-state index contributed by atoms with van der Waals surface area (Å²) in [6, 6.07) is 11.0. The van der Waals surface area contributed by atoms with Crippen molar-refractivity contribution in [1.82, 2.24) is 30.0 Å². The quantitative estimate of drug-likeness (QED) is 0.279. The maximum Gasteiger partial charge on any atom is 0.280 e. The Balaban J connectivity index is 0.872. The third kappa shape index (κ3) is 7.69. The Hall–Kier alpha value is -6.23. The van der Waals surface area contributed by atoms with Crippen LogP contribution in [0.25, 0.3) is 11.3 Å². The van der Waals surface area contributed by atoms with Crippen molar-refractivity contribution in [3.63, 3.8) is 0 Å². The number of amides is 4. The molecule has 0 spiro atoms. The number of imide groups is 1. The molecule has 1 aromatic carbocycles. The minimum atomic E-state index is -0.778. The number of anilines is 4. The average Bonchev–Trinajstić information content (AvgIpc) is 3.77. The van der Waals surface area contributed by atoms with Gasteiger partial charge in [-0.25, -0.2) is 9.07 Å². The van der Waals surface area contributed by atoms with Crippen molar-refractivity contribution < 1.29 is 28.3 Å². The van der Waals surface area contributed by atoms with Crippen LogP contribution in [0.3, 0.4) is 0 Å². The van der Waals surface area contributed by atoms with E-state index in [1.807, 2.05) is 42.0 Å². The predicted molar refractivity (Wildman–Crippen MR) is 223 cm³/mol. The Kier molecular flexibility index (Phi) is 10.5. The lowest BCUT2D eigenvalue weighted by atomic mass is 9.94. The molecule has 2 N–H and O–H groups in total. The molecule has 5 aliphatic heterocycles. The zero-order valence-corrected chi connectivity index (χ0v) is 34.0. The molecule has 4 amide bonds. The number of nitrogens with one attached hydrogen (secondary N) is 2. The third-order valence-corrected chi connectivity index (χ3v) is 12.2. The highest BCUT2D eigenvalue weighted by atomic mass is 19.1. The standard InChI is InChI=1S/C43H48FN11O5/c1-25-5-4-16-60-42-32(22-46-51(42)3)35-18-27(17-26(2)47-35)40(58)50-43-48-34-8-6-29(20-36(34)55(43)23-25)54-15-14-53(24-38(54)57)28-10-12-52(13-11-28)30-19-33(44)39(45-21-30)31-7-9-37(56)49-41(31)59/h6,8,17-22,25,28,31H,4-5,7,9-16,23-24H2,1-3H3,(H,48,50,58)(H,49,56,59)/t25-,31?/m1/s1. The molecular formula is C43H48FN11O5. The number of carbonyl (C=O) groups is 4. The summed E-state index contributed by atoms with van der Waals surface area (Å²) in [5.41, 5.74) is 5.56. The number of aliphatic imine (C=N–C) groups is 1. The Bertz CT molecular complexity index is 2410. The molecular weight excluding hydrogens is 770 g/mol. The van der Waals surface area contributed by atoms with Crippen LogP contribution in [0.5, 0.6) is 5.88 Å². The molecule has 2 atom stereocenters. The van der Waals surface area contributed by atoms with Crippen LogP contribution in [-0.4, -0.2) is 106 Å². The molecule has 4 aromatic rings. The van der Waals surface area contributed by atoms with E-state index in [1.165, 1.54) is 6.07 Å². The van der Waals surface area contributed by atoms with E-state index in [-0.39, 0.29) is 48.9 Å². The van der Waals surface area contributed by atoms with Gasteiger partial charge in [-0.05, 0) is 75.3 Å². The molecule has 60 heavy (non-hydrogen) atoms. The first-order valence-electron chi connectivity index (χ1n) is 20.7. The zero-order chi connectivity index (χ0) is 41.7. The maximum absolute atomic E-state index is 15.2. The van der Waals surface area contributed by atoms with E-state index in [4.69, 9.17) is 9.72 Å². The van der Waals surface area contributed by atoms with Gasteiger partial charge in [-0.2, -0.15) is 10.1 Å². The molecule has 3 saturated heterocycles. The van der Waals surface area contributed by atoms with Gasteiger partial charge in [0.1, 0.15) is 5.82 Å². The van der Waals surface area contributed by atoms with Crippen molar-refractivity contribution in [3.05, 3.63) is 71.6 Å². The summed E-state index contributed by atoms with van der Waals surface area (Å²) in [4.78, 5) is 73.4. The number of guanidine groups is 1. The highest BCUT2D eigenvalue weighted by molar-refractivity contribution is 6.19. The van der Waals surface area contributed by atoms with Crippen molar-refractivity contribution in [2.24, 2.45) is 18.0 Å². The van der Waals surface area contributed by atoms with Crippen LogP contribution in [0.2, 0.25) is 0 Å². The van der Waals surface area contributed by atoms with Crippen molar-refractivity contribution in [2.45, 2.75) is 64.3 Å². The van der Waals surface area contributed by atoms with Crippen molar-refractivity contribution in [3.8, 4) is 17.1 Å². The van der Waals surface area contributed by atoms with E-state index in [2.05, 4.69) is 42.4 Å². The number of fused-ring (bicyclic) bond motifs is 7. The van der Waals surface area contributed by atoms with Crippen LogP contribution in [0, 0.1) is 18.7 Å². The molecule has 16 nitrogen and oxygen atoms in total. The summed E-state index contributed by atoms with van der Waals surface area (Å²) < 4.78 is 23.1. The van der Waals surface area contributed by atoms with Crippen LogP contribution in [0.15, 0.2) is 53.8 Å². The van der Waals surface area contributed by atoms with Crippen LogP contribution < -0.4 is 30.1 Å². The molecule has 17 heteroatoms. The second-order valence-electron chi connectivity index (χ2n) is 16.4. The van der Waals surface area contributed by atoms with E-state index >= 15 is 4.39 Å². The lowest BCUT2D eigenvalue weighted by molar-refractivity contribution is -0.134. The minimum absolute atomic E-state index is 0.0134. The summed E-state index contributed by atoms with van der Waals surface area (Å²) in [7, 11) is 1.83. The number of hydrogen-bond donors (Lipinski definition) is 2. The fourth-order valence-corrected chi connectivity index (χ4v) is 9.05. The zero-order valence-electron chi connectivity index (χ0n) is 34.0. The lowest BCUT2D eigenvalue weighted by Gasteiger charge is -2.42. The Morgan fingerprint density at radius 3 is 2.52 bits per heavy atom.